The number of aryl methyl sites for hydroxylation is 1. The second-order valence-electron chi connectivity index (χ2n) is 8.91. The third-order valence-electron chi connectivity index (χ3n) is 5.44. The Morgan fingerprint density at radius 1 is 1.03 bits per heavy atom. The first-order chi connectivity index (χ1) is 16.3. The monoisotopic (exact) mass is 541 g/mol. The number of benzene rings is 2. The van der Waals surface area contributed by atoms with E-state index in [0.29, 0.717) is 34.3 Å². The molecule has 35 heavy (non-hydrogen) atoms. The van der Waals surface area contributed by atoms with Crippen LogP contribution in [-0.2, 0) is 26.2 Å². The van der Waals surface area contributed by atoms with Crippen molar-refractivity contribution in [3.05, 3.63) is 63.6 Å². The zero-order chi connectivity index (χ0) is 26.3. The van der Waals surface area contributed by atoms with Gasteiger partial charge in [0.05, 0.1) is 11.9 Å². The summed E-state index contributed by atoms with van der Waals surface area (Å²) in [6, 6.07) is 11.0. The van der Waals surface area contributed by atoms with Gasteiger partial charge in [-0.1, -0.05) is 56.1 Å². The third kappa shape index (κ3) is 8.40. The van der Waals surface area contributed by atoms with Crippen LogP contribution in [0.1, 0.15) is 38.3 Å². The van der Waals surface area contributed by atoms with Crippen molar-refractivity contribution < 1.29 is 18.0 Å². The molecule has 2 aromatic carbocycles. The highest BCUT2D eigenvalue weighted by molar-refractivity contribution is 7.92. The SMILES string of the molecule is CC[C@H](C(=O)NCC(C)C)N(Cc1ccc(Cl)cc1)C(=O)CN(c1ccc(Cl)cc1C)S(C)(=O)=O. The van der Waals surface area contributed by atoms with Gasteiger partial charge in [-0.15, -0.1) is 0 Å². The smallest absolute Gasteiger partial charge is 0.244 e. The van der Waals surface area contributed by atoms with Gasteiger partial charge in [-0.25, -0.2) is 8.42 Å². The van der Waals surface area contributed by atoms with E-state index in [2.05, 4.69) is 5.32 Å². The van der Waals surface area contributed by atoms with Crippen molar-refractivity contribution in [2.24, 2.45) is 5.92 Å². The van der Waals surface area contributed by atoms with E-state index in [1.165, 1.54) is 4.90 Å². The lowest BCUT2D eigenvalue weighted by molar-refractivity contribution is -0.140. The van der Waals surface area contributed by atoms with E-state index >= 15 is 0 Å². The highest BCUT2D eigenvalue weighted by atomic mass is 35.5. The van der Waals surface area contributed by atoms with Crippen molar-refractivity contribution in [3.8, 4) is 0 Å². The predicted molar refractivity (Wildman–Crippen MR) is 142 cm³/mol. The lowest BCUT2D eigenvalue weighted by Crippen LogP contribution is -2.52. The van der Waals surface area contributed by atoms with Gasteiger partial charge in [0, 0.05) is 23.1 Å². The fraction of sp³-hybridized carbons (Fsp3) is 0.440. The summed E-state index contributed by atoms with van der Waals surface area (Å²) in [5.74, 6) is -0.533. The zero-order valence-corrected chi connectivity index (χ0v) is 23.0. The summed E-state index contributed by atoms with van der Waals surface area (Å²) < 4.78 is 26.5. The lowest BCUT2D eigenvalue weighted by atomic mass is 10.1. The average Bonchev–Trinajstić information content (AvgIpc) is 2.76. The van der Waals surface area contributed by atoms with Crippen molar-refractivity contribution >= 4 is 50.7 Å². The van der Waals surface area contributed by atoms with E-state index in [9.17, 15) is 18.0 Å². The molecule has 0 aromatic heterocycles. The molecule has 0 saturated heterocycles. The molecule has 0 fully saturated rings. The van der Waals surface area contributed by atoms with Crippen LogP contribution in [0.3, 0.4) is 0 Å². The Morgan fingerprint density at radius 2 is 1.63 bits per heavy atom. The summed E-state index contributed by atoms with van der Waals surface area (Å²) in [6.07, 6.45) is 1.41. The van der Waals surface area contributed by atoms with Crippen LogP contribution in [-0.4, -0.2) is 50.5 Å². The van der Waals surface area contributed by atoms with Crippen molar-refractivity contribution in [2.45, 2.75) is 46.7 Å². The molecule has 0 aliphatic rings. The fourth-order valence-corrected chi connectivity index (χ4v) is 4.88. The molecule has 1 atom stereocenters. The summed E-state index contributed by atoms with van der Waals surface area (Å²) >= 11 is 12.1. The molecule has 1 N–H and O–H groups in total. The van der Waals surface area contributed by atoms with Gasteiger partial charge in [-0.3, -0.25) is 13.9 Å². The first kappa shape index (κ1) is 28.9. The van der Waals surface area contributed by atoms with Crippen molar-refractivity contribution in [1.82, 2.24) is 10.2 Å². The van der Waals surface area contributed by atoms with E-state index < -0.39 is 28.5 Å². The first-order valence-corrected chi connectivity index (χ1v) is 14.0. The molecule has 0 radical (unpaired) electrons. The number of carbonyl (C=O) groups excluding carboxylic acids is 2. The quantitative estimate of drug-likeness (QED) is 0.448. The molecule has 2 aromatic rings. The van der Waals surface area contributed by atoms with E-state index in [-0.39, 0.29) is 18.4 Å². The fourth-order valence-electron chi connectivity index (χ4n) is 3.62. The molecule has 0 bridgehead atoms. The van der Waals surface area contributed by atoms with Crippen molar-refractivity contribution in [1.29, 1.82) is 0 Å². The van der Waals surface area contributed by atoms with Crippen molar-refractivity contribution in [2.75, 3.05) is 23.7 Å². The Hall–Kier alpha value is -2.29. The van der Waals surface area contributed by atoms with Gasteiger partial charge in [0.1, 0.15) is 12.6 Å². The van der Waals surface area contributed by atoms with E-state index in [1.54, 1.807) is 49.4 Å². The summed E-state index contributed by atoms with van der Waals surface area (Å²) in [6.45, 7) is 7.65. The average molecular weight is 543 g/mol. The van der Waals surface area contributed by atoms with E-state index in [1.807, 2.05) is 20.8 Å². The minimum atomic E-state index is -3.81. The second-order valence-corrected chi connectivity index (χ2v) is 11.7. The highest BCUT2D eigenvalue weighted by Crippen LogP contribution is 2.26. The number of sulfonamides is 1. The number of nitrogens with zero attached hydrogens (tertiary/aromatic N) is 2. The van der Waals surface area contributed by atoms with Crippen LogP contribution in [0.15, 0.2) is 42.5 Å². The molecule has 0 saturated carbocycles. The number of hydrogen-bond acceptors (Lipinski definition) is 4. The van der Waals surface area contributed by atoms with Crippen LogP contribution >= 0.6 is 23.2 Å². The number of halogens is 2. The van der Waals surface area contributed by atoms with E-state index in [4.69, 9.17) is 23.2 Å². The van der Waals surface area contributed by atoms with Gasteiger partial charge >= 0.3 is 0 Å². The Kier molecular flexibility index (Phi) is 10.4. The molecule has 10 heteroatoms. The van der Waals surface area contributed by atoms with Crippen LogP contribution in [0.5, 0.6) is 0 Å². The molecular weight excluding hydrogens is 509 g/mol. The number of hydrogen-bond donors (Lipinski definition) is 1. The number of nitrogens with one attached hydrogen (secondary N) is 1. The van der Waals surface area contributed by atoms with Gasteiger partial charge in [-0.2, -0.15) is 0 Å². The maximum Gasteiger partial charge on any atom is 0.244 e. The largest absolute Gasteiger partial charge is 0.354 e. The highest BCUT2D eigenvalue weighted by Gasteiger charge is 2.32. The Bertz CT molecular complexity index is 1140. The molecule has 2 rings (SSSR count). The van der Waals surface area contributed by atoms with Crippen LogP contribution in [0.2, 0.25) is 10.0 Å². The standard InChI is InChI=1S/C25H33Cl2N3O4S/c1-6-22(25(32)28-14-17(2)3)29(15-19-7-9-20(26)10-8-19)24(31)16-30(35(5,33)34)23-12-11-21(27)13-18(23)4/h7-13,17,22H,6,14-16H2,1-5H3,(H,28,32)/t22-/m1/s1. The van der Waals surface area contributed by atoms with Gasteiger partial charge in [-0.05, 0) is 60.7 Å². The molecule has 7 nitrogen and oxygen atoms in total. The second kappa shape index (κ2) is 12.6. The van der Waals surface area contributed by atoms with Crippen LogP contribution < -0.4 is 9.62 Å². The van der Waals surface area contributed by atoms with Crippen LogP contribution in [0, 0.1) is 12.8 Å². The summed E-state index contributed by atoms with van der Waals surface area (Å²) in [5.41, 5.74) is 1.74. The summed E-state index contributed by atoms with van der Waals surface area (Å²) in [5, 5.41) is 3.91. The molecule has 2 amide bonds. The zero-order valence-electron chi connectivity index (χ0n) is 20.7. The maximum absolute atomic E-state index is 13.7. The minimum Gasteiger partial charge on any atom is -0.354 e. The van der Waals surface area contributed by atoms with Crippen LogP contribution in [0.25, 0.3) is 0 Å². The third-order valence-corrected chi connectivity index (χ3v) is 7.06. The maximum atomic E-state index is 13.7. The number of rotatable bonds is 11. The van der Waals surface area contributed by atoms with Gasteiger partial charge in [0.2, 0.25) is 21.8 Å². The summed E-state index contributed by atoms with van der Waals surface area (Å²) in [4.78, 5) is 28.1. The van der Waals surface area contributed by atoms with Gasteiger partial charge in [0.15, 0.2) is 0 Å². The molecule has 0 spiro atoms. The van der Waals surface area contributed by atoms with Crippen LogP contribution in [0.4, 0.5) is 5.69 Å². The number of carbonyl (C=O) groups is 2. The molecule has 0 heterocycles. The summed E-state index contributed by atoms with van der Waals surface area (Å²) in [7, 11) is -3.81. The van der Waals surface area contributed by atoms with Crippen molar-refractivity contribution in [3.63, 3.8) is 0 Å². The van der Waals surface area contributed by atoms with Gasteiger partial charge < -0.3 is 10.2 Å². The molecule has 0 aliphatic heterocycles. The van der Waals surface area contributed by atoms with Gasteiger partial charge in [0.25, 0.3) is 0 Å². The first-order valence-electron chi connectivity index (χ1n) is 11.4. The predicted octanol–water partition coefficient (Wildman–Crippen LogP) is 4.65. The molecule has 0 aliphatic carbocycles. The Labute approximate surface area is 218 Å². The normalized spacial score (nSPS) is 12.3. The molecule has 0 unspecified atom stereocenters. The van der Waals surface area contributed by atoms with E-state index in [0.717, 1.165) is 16.1 Å². The molecular formula is C25H33Cl2N3O4S. The lowest BCUT2D eigenvalue weighted by Gasteiger charge is -2.33. The minimum absolute atomic E-state index is 0.126. The Morgan fingerprint density at radius 3 is 2.14 bits per heavy atom. The Balaban J connectivity index is 2.44. The number of amides is 2. The topological polar surface area (TPSA) is 86.8 Å². The number of anilines is 1. The molecule has 192 valence electrons.